The molecule has 6 rings (SSSR count). The summed E-state index contributed by atoms with van der Waals surface area (Å²) in [5, 5.41) is 11.0. The largest absolute Gasteiger partial charge is 0.465 e. The normalized spacial score (nSPS) is 21.2. The quantitative estimate of drug-likeness (QED) is 0.490. The number of carboxylic acid groups (broad SMARTS) is 1. The van der Waals surface area contributed by atoms with E-state index in [1.165, 1.54) is 10.9 Å². The minimum atomic E-state index is -0.790. The van der Waals surface area contributed by atoms with Crippen molar-refractivity contribution in [1.29, 1.82) is 0 Å². The van der Waals surface area contributed by atoms with Crippen LogP contribution in [0.2, 0.25) is 0 Å². The summed E-state index contributed by atoms with van der Waals surface area (Å²) in [4.78, 5) is 23.1. The maximum absolute atomic E-state index is 11.2. The molecule has 2 atom stereocenters. The van der Waals surface area contributed by atoms with Gasteiger partial charge in [-0.25, -0.2) is 9.78 Å². The number of likely N-dealkylation sites (tertiary alicyclic amines) is 2. The van der Waals surface area contributed by atoms with Crippen molar-refractivity contribution in [3.8, 4) is 10.9 Å². The zero-order chi connectivity index (χ0) is 20.9. The van der Waals surface area contributed by atoms with Crippen molar-refractivity contribution in [2.24, 2.45) is 11.8 Å². The molecular weight excluding hydrogens is 412 g/mol. The number of ether oxygens (including phenoxy) is 1. The number of carbonyl (C=O) groups is 1. The van der Waals surface area contributed by atoms with Gasteiger partial charge in [-0.05, 0) is 41.7 Å². The minimum absolute atomic E-state index is 0.454. The number of nitrogens with one attached hydrogen (secondary N) is 1. The highest BCUT2D eigenvalue weighted by molar-refractivity contribution is 7.20. The molecule has 0 saturated carbocycles. The van der Waals surface area contributed by atoms with Crippen molar-refractivity contribution in [3.05, 3.63) is 54.2 Å². The van der Waals surface area contributed by atoms with Crippen molar-refractivity contribution in [1.82, 2.24) is 19.8 Å². The maximum atomic E-state index is 11.2. The number of aromatic nitrogens is 2. The van der Waals surface area contributed by atoms with Gasteiger partial charge in [0, 0.05) is 55.9 Å². The van der Waals surface area contributed by atoms with Gasteiger partial charge in [-0.3, -0.25) is 4.90 Å². The molecule has 2 saturated heterocycles. The average molecular weight is 435 g/mol. The highest BCUT2D eigenvalue weighted by Gasteiger charge is 2.41. The highest BCUT2D eigenvalue weighted by Crippen LogP contribution is 2.35. The molecule has 2 aromatic carbocycles. The Labute approximate surface area is 182 Å². The smallest absolute Gasteiger partial charge is 0.407 e. The van der Waals surface area contributed by atoms with Crippen LogP contribution in [-0.4, -0.2) is 57.1 Å². The molecule has 0 aliphatic carbocycles. The van der Waals surface area contributed by atoms with Crippen molar-refractivity contribution in [3.63, 3.8) is 0 Å². The van der Waals surface area contributed by atoms with Crippen LogP contribution in [0, 0.1) is 11.8 Å². The maximum Gasteiger partial charge on any atom is 0.407 e. The summed E-state index contributed by atoms with van der Waals surface area (Å²) in [5.74, 6) is 1.68. The second-order valence-corrected chi connectivity index (χ2v) is 9.47. The molecule has 2 aromatic heterocycles. The molecule has 4 heterocycles. The number of aromatic amines is 1. The van der Waals surface area contributed by atoms with Crippen molar-refractivity contribution in [2.45, 2.75) is 6.54 Å². The summed E-state index contributed by atoms with van der Waals surface area (Å²) in [6, 6.07) is 14.1. The summed E-state index contributed by atoms with van der Waals surface area (Å²) < 4.78 is 7.13. The van der Waals surface area contributed by atoms with Crippen LogP contribution in [0.4, 0.5) is 4.79 Å². The molecule has 2 aliphatic heterocycles. The van der Waals surface area contributed by atoms with Crippen LogP contribution >= 0.6 is 11.3 Å². The first-order valence-corrected chi connectivity index (χ1v) is 11.3. The number of thiazole rings is 1. The number of rotatable bonds is 4. The third-order valence-electron chi connectivity index (χ3n) is 6.44. The second-order valence-electron chi connectivity index (χ2n) is 8.47. The van der Waals surface area contributed by atoms with Gasteiger partial charge in [-0.2, -0.15) is 0 Å². The van der Waals surface area contributed by atoms with Crippen molar-refractivity contribution < 1.29 is 14.6 Å². The van der Waals surface area contributed by atoms with E-state index in [0.29, 0.717) is 30.1 Å². The van der Waals surface area contributed by atoms with Gasteiger partial charge in [0.05, 0.1) is 10.2 Å². The van der Waals surface area contributed by atoms with Crippen LogP contribution in [0.5, 0.6) is 10.9 Å². The van der Waals surface area contributed by atoms with Crippen molar-refractivity contribution in [2.75, 3.05) is 26.2 Å². The van der Waals surface area contributed by atoms with Gasteiger partial charge in [0.25, 0.3) is 5.19 Å². The lowest BCUT2D eigenvalue weighted by molar-refractivity contribution is 0.148. The molecule has 8 heteroatoms. The Bertz CT molecular complexity index is 1240. The fourth-order valence-electron chi connectivity index (χ4n) is 4.97. The molecule has 2 N–H and O–H groups in total. The van der Waals surface area contributed by atoms with E-state index in [4.69, 9.17) is 4.74 Å². The van der Waals surface area contributed by atoms with E-state index in [0.717, 1.165) is 41.1 Å². The van der Waals surface area contributed by atoms with Crippen LogP contribution in [-0.2, 0) is 6.54 Å². The van der Waals surface area contributed by atoms with Crippen LogP contribution < -0.4 is 4.74 Å². The Balaban J connectivity index is 1.16. The third kappa shape index (κ3) is 3.41. The molecule has 2 fully saturated rings. The molecule has 2 aliphatic rings. The molecule has 2 unspecified atom stereocenters. The number of hydrogen-bond acceptors (Lipinski definition) is 5. The predicted molar refractivity (Wildman–Crippen MR) is 120 cm³/mol. The first-order chi connectivity index (χ1) is 15.1. The van der Waals surface area contributed by atoms with E-state index in [2.05, 4.69) is 27.1 Å². The number of hydrogen-bond donors (Lipinski definition) is 2. The lowest BCUT2D eigenvalue weighted by Crippen LogP contribution is -2.31. The zero-order valence-corrected chi connectivity index (χ0v) is 17.6. The zero-order valence-electron chi connectivity index (χ0n) is 16.8. The minimum Gasteiger partial charge on any atom is -0.465 e. The molecule has 4 aromatic rings. The Hall–Kier alpha value is -3.10. The second kappa shape index (κ2) is 7.25. The van der Waals surface area contributed by atoms with E-state index in [1.807, 2.05) is 36.4 Å². The van der Waals surface area contributed by atoms with Gasteiger partial charge >= 0.3 is 6.09 Å². The molecule has 31 heavy (non-hydrogen) atoms. The van der Waals surface area contributed by atoms with E-state index in [-0.39, 0.29) is 0 Å². The summed E-state index contributed by atoms with van der Waals surface area (Å²) >= 11 is 1.54. The first kappa shape index (κ1) is 18.7. The lowest BCUT2D eigenvalue weighted by Gasteiger charge is -2.19. The monoisotopic (exact) mass is 434 g/mol. The summed E-state index contributed by atoms with van der Waals surface area (Å²) in [6.45, 7) is 4.12. The Morgan fingerprint density at radius 2 is 1.97 bits per heavy atom. The van der Waals surface area contributed by atoms with Crippen molar-refractivity contribution >= 4 is 38.5 Å². The summed E-state index contributed by atoms with van der Waals surface area (Å²) in [6.07, 6.45) is 1.28. The van der Waals surface area contributed by atoms with Crippen LogP contribution in [0.25, 0.3) is 21.1 Å². The molecule has 0 radical (unpaired) electrons. The van der Waals surface area contributed by atoms with Gasteiger partial charge < -0.3 is 19.7 Å². The molecule has 7 nitrogen and oxygen atoms in total. The fraction of sp³-hybridized carbons (Fsp3) is 0.304. The molecule has 0 bridgehead atoms. The standard InChI is InChI=1S/C23H22N4O3S/c28-23(29)27-12-15-10-26(11-16(15)13-27)9-14-8-24-20-7-17(5-6-18(14)20)30-22-25-19-3-1-2-4-21(19)31-22/h1-8,15-16,24H,9-13H2,(H,28,29). The number of nitrogens with zero attached hydrogens (tertiary/aromatic N) is 3. The van der Waals surface area contributed by atoms with Gasteiger partial charge in [-0.15, -0.1) is 0 Å². The Kier molecular flexibility index (Phi) is 4.36. The summed E-state index contributed by atoms with van der Waals surface area (Å²) in [5.41, 5.74) is 3.26. The van der Waals surface area contributed by atoms with E-state index >= 15 is 0 Å². The molecule has 158 valence electrons. The fourth-order valence-corrected chi connectivity index (χ4v) is 5.81. The topological polar surface area (TPSA) is 81.7 Å². The van der Waals surface area contributed by atoms with E-state index in [1.54, 1.807) is 16.2 Å². The van der Waals surface area contributed by atoms with Gasteiger partial charge in [-0.1, -0.05) is 23.5 Å². The van der Waals surface area contributed by atoms with Gasteiger partial charge in [0.1, 0.15) is 5.75 Å². The SMILES string of the molecule is O=C(O)N1CC2CN(Cc3c[nH]c4cc(Oc5nc6ccccc6s5)ccc34)CC2C1. The van der Waals surface area contributed by atoms with Gasteiger partial charge in [0.2, 0.25) is 0 Å². The Morgan fingerprint density at radius 3 is 2.74 bits per heavy atom. The number of amides is 1. The number of benzene rings is 2. The third-order valence-corrected chi connectivity index (χ3v) is 7.36. The van der Waals surface area contributed by atoms with E-state index in [9.17, 15) is 9.90 Å². The van der Waals surface area contributed by atoms with Crippen LogP contribution in [0.15, 0.2) is 48.7 Å². The average Bonchev–Trinajstić information content (AvgIpc) is 3.50. The lowest BCUT2D eigenvalue weighted by atomic mass is 10.0. The number of para-hydroxylation sites is 1. The molecule has 1 amide bonds. The predicted octanol–water partition coefficient (Wildman–Crippen LogP) is 4.61. The Morgan fingerprint density at radius 1 is 1.16 bits per heavy atom. The number of fused-ring (bicyclic) bond motifs is 3. The van der Waals surface area contributed by atoms with Crippen LogP contribution in [0.1, 0.15) is 5.56 Å². The highest BCUT2D eigenvalue weighted by atomic mass is 32.1. The summed E-state index contributed by atoms with van der Waals surface area (Å²) in [7, 11) is 0. The first-order valence-electron chi connectivity index (χ1n) is 10.5. The van der Waals surface area contributed by atoms with Gasteiger partial charge in [0.15, 0.2) is 0 Å². The van der Waals surface area contributed by atoms with Crippen LogP contribution in [0.3, 0.4) is 0 Å². The molecule has 0 spiro atoms. The molecular formula is C23H22N4O3S. The van der Waals surface area contributed by atoms with E-state index < -0.39 is 6.09 Å². The number of H-pyrrole nitrogens is 1.